The molecule has 4 nitrogen and oxygen atoms in total. The molecular formula is C10H4BrF3N2O2. The lowest BCUT2D eigenvalue weighted by molar-refractivity contribution is 0.0696. The van der Waals surface area contributed by atoms with Crippen molar-refractivity contribution in [2.24, 2.45) is 0 Å². The lowest BCUT2D eigenvalue weighted by atomic mass is 10.3. The first-order valence-electron chi connectivity index (χ1n) is 4.53. The minimum atomic E-state index is -1.34. The molecule has 2 aromatic rings. The van der Waals surface area contributed by atoms with Gasteiger partial charge in [-0.15, -0.1) is 0 Å². The minimum Gasteiger partial charge on any atom is -0.478 e. The monoisotopic (exact) mass is 320 g/mol. The molecule has 0 atom stereocenters. The SMILES string of the molecule is O=C(O)c1cnn(-c2cc(F)c(F)cc2F)c1Br. The van der Waals surface area contributed by atoms with Crippen LogP contribution in [0.3, 0.4) is 0 Å². The molecule has 0 bridgehead atoms. The van der Waals surface area contributed by atoms with Gasteiger partial charge in [-0.3, -0.25) is 0 Å². The van der Waals surface area contributed by atoms with Crippen LogP contribution < -0.4 is 0 Å². The van der Waals surface area contributed by atoms with Gasteiger partial charge in [0, 0.05) is 12.1 Å². The van der Waals surface area contributed by atoms with E-state index in [1.165, 1.54) is 0 Å². The Morgan fingerprint density at radius 1 is 1.22 bits per heavy atom. The van der Waals surface area contributed by atoms with Gasteiger partial charge in [-0.2, -0.15) is 5.10 Å². The molecule has 0 aliphatic carbocycles. The molecule has 2 rings (SSSR count). The van der Waals surface area contributed by atoms with Crippen LogP contribution in [0.25, 0.3) is 5.69 Å². The standard InChI is InChI=1S/C10H4BrF3N2O2/c11-9-4(10(17)18)3-15-16(9)8-2-6(13)5(12)1-7(8)14/h1-3H,(H,17,18). The number of aromatic carboxylic acids is 1. The van der Waals surface area contributed by atoms with E-state index in [4.69, 9.17) is 5.11 Å². The summed E-state index contributed by atoms with van der Waals surface area (Å²) >= 11 is 2.90. The van der Waals surface area contributed by atoms with Crippen molar-refractivity contribution in [1.82, 2.24) is 9.78 Å². The lowest BCUT2D eigenvalue weighted by Gasteiger charge is -2.05. The number of benzene rings is 1. The summed E-state index contributed by atoms with van der Waals surface area (Å²) in [6, 6.07) is 0.952. The number of hydrogen-bond acceptors (Lipinski definition) is 2. The lowest BCUT2D eigenvalue weighted by Crippen LogP contribution is -2.03. The minimum absolute atomic E-state index is 0.0695. The van der Waals surface area contributed by atoms with Gasteiger partial charge < -0.3 is 5.11 Å². The van der Waals surface area contributed by atoms with Crippen molar-refractivity contribution in [3.63, 3.8) is 0 Å². The topological polar surface area (TPSA) is 55.1 Å². The molecule has 0 saturated carbocycles. The number of carbonyl (C=O) groups is 1. The van der Waals surface area contributed by atoms with Crippen LogP contribution in [0.5, 0.6) is 0 Å². The van der Waals surface area contributed by atoms with Gasteiger partial charge in [0.05, 0.1) is 6.20 Å². The highest BCUT2D eigenvalue weighted by Gasteiger charge is 2.19. The largest absolute Gasteiger partial charge is 0.478 e. The number of carboxylic acid groups (broad SMARTS) is 1. The molecule has 1 N–H and O–H groups in total. The van der Waals surface area contributed by atoms with Crippen LogP contribution in [-0.2, 0) is 0 Å². The van der Waals surface area contributed by atoms with Gasteiger partial charge in [-0.05, 0) is 15.9 Å². The Hall–Kier alpha value is -1.83. The molecule has 0 radical (unpaired) electrons. The molecule has 0 aliphatic rings. The summed E-state index contributed by atoms with van der Waals surface area (Å²) in [5, 5.41) is 12.4. The van der Waals surface area contributed by atoms with Crippen LogP contribution in [0, 0.1) is 17.5 Å². The number of carboxylic acids is 1. The van der Waals surface area contributed by atoms with Gasteiger partial charge in [-0.1, -0.05) is 0 Å². The van der Waals surface area contributed by atoms with Crippen LogP contribution in [0.1, 0.15) is 10.4 Å². The molecule has 0 fully saturated rings. The third kappa shape index (κ3) is 1.99. The third-order valence-corrected chi connectivity index (χ3v) is 2.92. The number of rotatable bonds is 2. The zero-order chi connectivity index (χ0) is 13.4. The molecule has 0 spiro atoms. The summed E-state index contributed by atoms with van der Waals surface area (Å²) < 4.78 is 40.0. The maximum atomic E-state index is 13.5. The number of halogens is 4. The zero-order valence-corrected chi connectivity index (χ0v) is 10.1. The van der Waals surface area contributed by atoms with Gasteiger partial charge in [-0.25, -0.2) is 22.6 Å². The van der Waals surface area contributed by atoms with E-state index in [1.807, 2.05) is 0 Å². The predicted molar refractivity (Wildman–Crippen MR) is 58.1 cm³/mol. The molecule has 18 heavy (non-hydrogen) atoms. The van der Waals surface area contributed by atoms with E-state index >= 15 is 0 Å². The predicted octanol–water partition coefficient (Wildman–Crippen LogP) is 2.75. The first-order valence-corrected chi connectivity index (χ1v) is 5.33. The maximum absolute atomic E-state index is 13.5. The molecule has 94 valence electrons. The molecule has 0 aliphatic heterocycles. The first kappa shape index (κ1) is 12.6. The van der Waals surface area contributed by atoms with Crippen molar-refractivity contribution in [1.29, 1.82) is 0 Å². The van der Waals surface area contributed by atoms with Crippen LogP contribution in [0.15, 0.2) is 22.9 Å². The van der Waals surface area contributed by atoms with E-state index < -0.39 is 29.1 Å². The van der Waals surface area contributed by atoms with E-state index in [9.17, 15) is 18.0 Å². The number of aromatic nitrogens is 2. The van der Waals surface area contributed by atoms with E-state index in [0.717, 1.165) is 10.9 Å². The first-order chi connectivity index (χ1) is 8.41. The van der Waals surface area contributed by atoms with Crippen LogP contribution in [0.4, 0.5) is 13.2 Å². The molecule has 1 heterocycles. The van der Waals surface area contributed by atoms with E-state index in [-0.39, 0.29) is 10.2 Å². The van der Waals surface area contributed by atoms with Crippen LogP contribution in [-0.4, -0.2) is 20.9 Å². The third-order valence-electron chi connectivity index (χ3n) is 2.16. The molecule has 1 aromatic heterocycles. The second-order valence-corrected chi connectivity index (χ2v) is 4.03. The second kappa shape index (κ2) is 4.45. The van der Waals surface area contributed by atoms with Crippen LogP contribution >= 0.6 is 15.9 Å². The highest BCUT2D eigenvalue weighted by atomic mass is 79.9. The fourth-order valence-electron chi connectivity index (χ4n) is 1.32. The Morgan fingerprint density at radius 2 is 1.83 bits per heavy atom. The fourth-order valence-corrected chi connectivity index (χ4v) is 1.87. The van der Waals surface area contributed by atoms with Crippen molar-refractivity contribution in [2.45, 2.75) is 0 Å². The number of nitrogens with zero attached hydrogens (tertiary/aromatic N) is 2. The van der Waals surface area contributed by atoms with Gasteiger partial charge in [0.15, 0.2) is 17.5 Å². The normalized spacial score (nSPS) is 10.7. The summed E-state index contributed by atoms with van der Waals surface area (Å²) in [5.74, 6) is -4.94. The molecular weight excluding hydrogens is 317 g/mol. The quantitative estimate of drug-likeness (QED) is 0.866. The summed E-state index contributed by atoms with van der Waals surface area (Å²) in [4.78, 5) is 10.8. The average Bonchev–Trinajstić information content (AvgIpc) is 2.66. The maximum Gasteiger partial charge on any atom is 0.340 e. The summed E-state index contributed by atoms with van der Waals surface area (Å²) in [7, 11) is 0. The summed E-state index contributed by atoms with van der Waals surface area (Å²) in [6.07, 6.45) is 0.965. The van der Waals surface area contributed by atoms with Crippen molar-refractivity contribution in [2.75, 3.05) is 0 Å². The Morgan fingerprint density at radius 3 is 2.39 bits per heavy atom. The summed E-state index contributed by atoms with van der Waals surface area (Å²) in [6.45, 7) is 0. The molecule has 8 heteroatoms. The zero-order valence-electron chi connectivity index (χ0n) is 8.49. The van der Waals surface area contributed by atoms with Crippen molar-refractivity contribution >= 4 is 21.9 Å². The van der Waals surface area contributed by atoms with E-state index in [1.54, 1.807) is 0 Å². The van der Waals surface area contributed by atoms with Crippen molar-refractivity contribution < 1.29 is 23.1 Å². The van der Waals surface area contributed by atoms with Gasteiger partial charge in [0.2, 0.25) is 0 Å². The average molecular weight is 321 g/mol. The summed E-state index contributed by atoms with van der Waals surface area (Å²) in [5.41, 5.74) is -0.618. The molecule has 1 aromatic carbocycles. The Bertz CT molecular complexity index is 642. The highest BCUT2D eigenvalue weighted by molar-refractivity contribution is 9.10. The Balaban J connectivity index is 2.63. The van der Waals surface area contributed by atoms with Gasteiger partial charge in [0.25, 0.3) is 0 Å². The highest BCUT2D eigenvalue weighted by Crippen LogP contribution is 2.24. The molecule has 0 amide bonds. The van der Waals surface area contributed by atoms with Crippen LogP contribution in [0.2, 0.25) is 0 Å². The van der Waals surface area contributed by atoms with Crippen molar-refractivity contribution in [3.8, 4) is 5.69 Å². The second-order valence-electron chi connectivity index (χ2n) is 3.28. The van der Waals surface area contributed by atoms with E-state index in [0.29, 0.717) is 12.1 Å². The van der Waals surface area contributed by atoms with Crippen molar-refractivity contribution in [3.05, 3.63) is 45.9 Å². The van der Waals surface area contributed by atoms with Gasteiger partial charge >= 0.3 is 5.97 Å². The Kier molecular flexibility index (Phi) is 3.12. The fraction of sp³-hybridized carbons (Fsp3) is 0. The molecule has 0 saturated heterocycles. The number of hydrogen-bond donors (Lipinski definition) is 1. The molecule has 0 unspecified atom stereocenters. The smallest absolute Gasteiger partial charge is 0.340 e. The van der Waals surface area contributed by atoms with E-state index in [2.05, 4.69) is 21.0 Å². The Labute approximate surface area is 107 Å². The van der Waals surface area contributed by atoms with Gasteiger partial charge in [0.1, 0.15) is 15.9 Å².